The van der Waals surface area contributed by atoms with Crippen molar-refractivity contribution < 1.29 is 92.9 Å². The Labute approximate surface area is 558 Å². The second-order valence-corrected chi connectivity index (χ2v) is 39.1. The summed E-state index contributed by atoms with van der Waals surface area (Å²) in [5.74, 6) is 2.08. The van der Waals surface area contributed by atoms with Crippen molar-refractivity contribution in [2.45, 2.75) is 350 Å². The maximum atomic E-state index is 12.2. The summed E-state index contributed by atoms with van der Waals surface area (Å²) in [6.45, 7) is 23.4. The second-order valence-electron chi connectivity index (χ2n) is 39.1. The zero-order chi connectivity index (χ0) is 68.9. The maximum Gasteiger partial charge on any atom is 0.344 e. The molecule has 0 radical (unpaired) electrons. The lowest BCUT2D eigenvalue weighted by molar-refractivity contribution is -0.264. The molecule has 7 N–H and O–H groups in total. The van der Waals surface area contributed by atoms with Crippen LogP contribution in [0.4, 0.5) is 0 Å². The molecule has 10 unspecified atom stereocenters. The van der Waals surface area contributed by atoms with Crippen molar-refractivity contribution in [3.63, 3.8) is 0 Å². The van der Waals surface area contributed by atoms with Gasteiger partial charge in [-0.25, -0.2) is 4.79 Å². The van der Waals surface area contributed by atoms with E-state index < -0.39 is 85.2 Å². The lowest BCUT2D eigenvalue weighted by Crippen LogP contribution is -2.67. The molecule has 0 heterocycles. The van der Waals surface area contributed by atoms with E-state index in [0.29, 0.717) is 113 Å². The molecule has 20 bridgehead atoms. The summed E-state index contributed by atoms with van der Waals surface area (Å²) in [5.41, 5.74) is -9.38. The van der Waals surface area contributed by atoms with Crippen LogP contribution in [0.15, 0.2) is 0 Å². The average molecular weight is 1320 g/mol. The highest BCUT2D eigenvalue weighted by Gasteiger charge is 2.67. The summed E-state index contributed by atoms with van der Waals surface area (Å²) in [6, 6.07) is 0. The SMILES string of the molecule is CC(C)(C)C(=O)OC12CC3CC(CC(O)(C3)C1)C2.CC(C)(C)C(=O)OC12CC3CC(O)(CC(O)(C3)C1)C2.CC(C)(C)C(=O)OCC(=O)OC12CC3CC(O)(CC(O)(C3)C1)C2.CC(C)C(=O)OC12CC3CC(CC(O)(C3)C1)C2.CC(C)C(=O)OC12CC3CC(CC(O)(C3)C1)C2. The van der Waals surface area contributed by atoms with Gasteiger partial charge in [-0.2, -0.15) is 0 Å². The van der Waals surface area contributed by atoms with Crippen molar-refractivity contribution in [3.8, 4) is 0 Å². The van der Waals surface area contributed by atoms with Crippen LogP contribution in [0.5, 0.6) is 0 Å². The van der Waals surface area contributed by atoms with Crippen LogP contribution in [0.3, 0.4) is 0 Å². The number of rotatable bonds is 9. The number of hydrogen-bond donors (Lipinski definition) is 7. The molecule has 0 aliphatic heterocycles. The smallest absolute Gasteiger partial charge is 0.344 e. The van der Waals surface area contributed by atoms with Crippen LogP contribution < -0.4 is 0 Å². The predicted octanol–water partition coefficient (Wildman–Crippen LogP) is 10.3. The van der Waals surface area contributed by atoms with Gasteiger partial charge in [0.15, 0.2) is 6.61 Å². The standard InChI is InChI=1S/C17H26O6.C15H24O4.C15H24O3.2C14H22O3/c1-14(2,3)13(19)22-7-12(18)23-17-6-11-4-15(20,9-17)8-16(21,5-11)10-17;1-12(2,3)11(16)19-15-6-10-4-13(17,8-15)7-14(18,5-10)9-15;1-13(2,3)12(16)18-15-7-10-4-11(8-15)6-14(17,5-10)9-15;2*1-9(2)12(15)17-14-6-10-3-11(7-14)5-13(16,4-10)8-14/h11,20-21H,4-10H2,1-3H3;10,17-18H,4-9H2,1-3H3;10-11,17H,4-9H2,1-3H3;2*9-11,16H,3-8H2,1-2H3. The van der Waals surface area contributed by atoms with Crippen molar-refractivity contribution >= 4 is 35.8 Å². The van der Waals surface area contributed by atoms with Crippen LogP contribution in [0.25, 0.3) is 0 Å². The van der Waals surface area contributed by atoms with E-state index in [0.717, 1.165) is 96.3 Å². The normalized spacial score (nSPS) is 46.0. The van der Waals surface area contributed by atoms with Gasteiger partial charge >= 0.3 is 35.8 Å². The summed E-state index contributed by atoms with van der Waals surface area (Å²) in [7, 11) is 0. The molecule has 20 aliphatic rings. The van der Waals surface area contributed by atoms with Gasteiger partial charge in [-0.1, -0.05) is 27.7 Å². The highest BCUT2D eigenvalue weighted by molar-refractivity contribution is 5.80. The van der Waals surface area contributed by atoms with E-state index in [-0.39, 0.29) is 64.4 Å². The Bertz CT molecular complexity index is 2780. The largest absolute Gasteiger partial charge is 0.459 e. The van der Waals surface area contributed by atoms with Gasteiger partial charge in [0.2, 0.25) is 0 Å². The van der Waals surface area contributed by atoms with E-state index in [2.05, 4.69) is 0 Å². The Balaban J connectivity index is 0.000000120. The fraction of sp³-hybridized carbons (Fsp3) is 0.920. The van der Waals surface area contributed by atoms with Crippen molar-refractivity contribution in [3.05, 3.63) is 0 Å². The molecule has 0 saturated heterocycles. The van der Waals surface area contributed by atoms with Gasteiger partial charge in [0.25, 0.3) is 0 Å². The lowest BCUT2D eigenvalue weighted by Gasteiger charge is -2.62. The van der Waals surface area contributed by atoms with E-state index in [1.807, 2.05) is 69.2 Å². The van der Waals surface area contributed by atoms with Crippen LogP contribution in [0, 0.1) is 75.4 Å². The van der Waals surface area contributed by atoms with E-state index >= 15 is 0 Å². The van der Waals surface area contributed by atoms with Gasteiger partial charge in [0, 0.05) is 57.8 Å². The highest BCUT2D eigenvalue weighted by Crippen LogP contribution is 2.65. The summed E-state index contributed by atoms with van der Waals surface area (Å²) in [4.78, 5) is 71.8. The number of esters is 6. The van der Waals surface area contributed by atoms with Gasteiger partial charge in [0.1, 0.15) is 28.0 Å². The predicted molar refractivity (Wildman–Crippen MR) is 344 cm³/mol. The maximum absolute atomic E-state index is 12.2. The molecular formula is C75H118O19. The molecule has 20 fully saturated rings. The van der Waals surface area contributed by atoms with E-state index in [9.17, 15) is 64.5 Å². The van der Waals surface area contributed by atoms with Crippen LogP contribution in [-0.4, -0.2) is 145 Å². The number of carbonyl (C=O) groups is 6. The fourth-order valence-corrected chi connectivity index (χ4v) is 23.5. The van der Waals surface area contributed by atoms with Gasteiger partial charge in [-0.05, 0) is 244 Å². The Morgan fingerprint density at radius 2 is 0.543 bits per heavy atom. The topological polar surface area (TPSA) is 299 Å². The van der Waals surface area contributed by atoms with Gasteiger partial charge in [0.05, 0.1) is 67.3 Å². The Hall–Kier alpha value is -3.46. The van der Waals surface area contributed by atoms with Crippen LogP contribution in [0.1, 0.15) is 283 Å². The zero-order valence-electron chi connectivity index (χ0n) is 59.2. The van der Waals surface area contributed by atoms with Crippen LogP contribution >= 0.6 is 0 Å². The highest BCUT2D eigenvalue weighted by atomic mass is 16.6. The molecule has 0 aromatic heterocycles. The zero-order valence-corrected chi connectivity index (χ0v) is 59.2. The first-order chi connectivity index (χ1) is 43.0. The molecule has 10 atom stereocenters. The molecular weight excluding hydrogens is 1200 g/mol. The summed E-state index contributed by atoms with van der Waals surface area (Å²) >= 11 is 0. The molecule has 20 rings (SSSR count). The first kappa shape index (κ1) is 71.8. The minimum Gasteiger partial charge on any atom is -0.459 e. The van der Waals surface area contributed by atoms with Crippen molar-refractivity contribution in [1.29, 1.82) is 0 Å². The summed E-state index contributed by atoms with van der Waals surface area (Å²) < 4.78 is 33.8. The molecule has 19 heteroatoms. The third-order valence-corrected chi connectivity index (χ3v) is 24.5. The lowest BCUT2D eigenvalue weighted by atomic mass is 9.50. The third kappa shape index (κ3) is 15.6. The third-order valence-electron chi connectivity index (χ3n) is 24.5. The summed E-state index contributed by atoms with van der Waals surface area (Å²) in [5, 5.41) is 74.1. The fourth-order valence-electron chi connectivity index (χ4n) is 23.5. The average Bonchev–Trinajstić information content (AvgIpc) is 0.741. The first-order valence-corrected chi connectivity index (χ1v) is 36.3. The van der Waals surface area contributed by atoms with E-state index in [1.54, 1.807) is 20.8 Å². The number of hydrogen-bond acceptors (Lipinski definition) is 19. The van der Waals surface area contributed by atoms with E-state index in [1.165, 1.54) is 19.3 Å². The Kier molecular flexibility index (Phi) is 18.2. The van der Waals surface area contributed by atoms with E-state index in [4.69, 9.17) is 28.4 Å². The first-order valence-electron chi connectivity index (χ1n) is 36.3. The number of aliphatic hydroxyl groups is 7. The molecule has 20 saturated carbocycles. The van der Waals surface area contributed by atoms with Gasteiger partial charge < -0.3 is 64.2 Å². The molecule has 94 heavy (non-hydrogen) atoms. The number of ether oxygens (including phenoxy) is 6. The van der Waals surface area contributed by atoms with Gasteiger partial charge in [-0.15, -0.1) is 0 Å². The number of carbonyl (C=O) groups excluding carboxylic acids is 6. The minimum atomic E-state index is -0.948. The van der Waals surface area contributed by atoms with Crippen molar-refractivity contribution in [1.82, 2.24) is 0 Å². The van der Waals surface area contributed by atoms with Gasteiger partial charge in [-0.3, -0.25) is 24.0 Å². The molecule has 20 aliphatic carbocycles. The monoisotopic (exact) mass is 1320 g/mol. The molecule has 532 valence electrons. The molecule has 19 nitrogen and oxygen atoms in total. The molecule has 0 aromatic carbocycles. The van der Waals surface area contributed by atoms with Crippen LogP contribution in [0.2, 0.25) is 0 Å². The van der Waals surface area contributed by atoms with Crippen molar-refractivity contribution in [2.24, 2.45) is 75.4 Å². The summed E-state index contributed by atoms with van der Waals surface area (Å²) in [6.07, 6.45) is 23.8. The quantitative estimate of drug-likeness (QED) is 0.0834. The molecule has 0 spiro atoms. The minimum absolute atomic E-state index is 0.0716. The van der Waals surface area contributed by atoms with Crippen LogP contribution in [-0.2, 0) is 57.2 Å². The molecule has 0 aromatic rings. The second kappa shape index (κ2) is 23.9. The molecule has 0 amide bonds. The Morgan fingerprint density at radius 1 is 0.309 bits per heavy atom. The van der Waals surface area contributed by atoms with Crippen molar-refractivity contribution in [2.75, 3.05) is 6.61 Å². The Morgan fingerprint density at radius 3 is 0.798 bits per heavy atom.